The lowest BCUT2D eigenvalue weighted by molar-refractivity contribution is 0.0527. The fourth-order valence-corrected chi connectivity index (χ4v) is 2.63. The third-order valence-corrected chi connectivity index (χ3v) is 3.69. The van der Waals surface area contributed by atoms with E-state index in [1.54, 1.807) is 35.9 Å². The van der Waals surface area contributed by atoms with E-state index in [-0.39, 0.29) is 12.2 Å². The summed E-state index contributed by atoms with van der Waals surface area (Å²) in [5, 5.41) is 9.00. The minimum atomic E-state index is -0.515. The number of rotatable bonds is 3. The predicted octanol–water partition coefficient (Wildman–Crippen LogP) is 3.50. The molecule has 0 unspecified atom stereocenters. The Labute approximate surface area is 137 Å². The van der Waals surface area contributed by atoms with Crippen LogP contribution in [0.2, 0.25) is 0 Å². The average Bonchev–Trinajstić information content (AvgIpc) is 2.98. The Balaban J connectivity index is 2.23. The zero-order valence-corrected chi connectivity index (χ0v) is 13.2. The van der Waals surface area contributed by atoms with Crippen molar-refractivity contribution in [1.82, 2.24) is 9.38 Å². The molecular formula is C18H14FN3O2. The summed E-state index contributed by atoms with van der Waals surface area (Å²) in [6, 6.07) is 7.72. The third kappa shape index (κ3) is 2.61. The van der Waals surface area contributed by atoms with Crippen LogP contribution in [0.5, 0.6) is 0 Å². The Morgan fingerprint density at radius 1 is 1.42 bits per heavy atom. The predicted molar refractivity (Wildman–Crippen MR) is 86.0 cm³/mol. The van der Waals surface area contributed by atoms with Gasteiger partial charge in [-0.25, -0.2) is 14.2 Å². The van der Waals surface area contributed by atoms with Crippen LogP contribution in [0.15, 0.2) is 36.7 Å². The van der Waals surface area contributed by atoms with Gasteiger partial charge in [0.05, 0.1) is 35.5 Å². The zero-order chi connectivity index (χ0) is 17.3. The molecule has 0 atom stereocenters. The van der Waals surface area contributed by atoms with Gasteiger partial charge < -0.3 is 4.74 Å². The lowest BCUT2D eigenvalue weighted by atomic mass is 10.1. The molecule has 1 aromatic carbocycles. The Bertz CT molecular complexity index is 986. The number of aryl methyl sites for hydroxylation is 1. The van der Waals surface area contributed by atoms with E-state index in [0.717, 1.165) is 11.6 Å². The summed E-state index contributed by atoms with van der Waals surface area (Å²) in [7, 11) is 0. The summed E-state index contributed by atoms with van der Waals surface area (Å²) in [5.74, 6) is -0.492. The number of aromatic nitrogens is 2. The molecule has 0 aliphatic heterocycles. The van der Waals surface area contributed by atoms with E-state index in [9.17, 15) is 9.18 Å². The molecule has 2 heterocycles. The molecule has 3 rings (SSSR count). The summed E-state index contributed by atoms with van der Waals surface area (Å²) < 4.78 is 20.5. The van der Waals surface area contributed by atoms with Gasteiger partial charge in [0.1, 0.15) is 11.6 Å². The minimum absolute atomic E-state index is 0.208. The number of ether oxygens (including phenoxy) is 1. The van der Waals surface area contributed by atoms with Gasteiger partial charge in [0.2, 0.25) is 0 Å². The number of hydrogen-bond acceptors (Lipinski definition) is 4. The third-order valence-electron chi connectivity index (χ3n) is 3.69. The number of carbonyl (C=O) groups is 1. The summed E-state index contributed by atoms with van der Waals surface area (Å²) in [5.41, 5.74) is 2.44. The summed E-state index contributed by atoms with van der Waals surface area (Å²) in [6.07, 6.45) is 3.30. The van der Waals surface area contributed by atoms with Crippen LogP contribution < -0.4 is 0 Å². The van der Waals surface area contributed by atoms with Gasteiger partial charge in [0.15, 0.2) is 0 Å². The van der Waals surface area contributed by atoms with E-state index in [1.165, 1.54) is 6.07 Å². The van der Waals surface area contributed by atoms with Gasteiger partial charge in [0, 0.05) is 11.8 Å². The molecule has 0 N–H and O–H groups in total. The maximum absolute atomic E-state index is 13.7. The number of fused-ring (bicyclic) bond motifs is 1. The first kappa shape index (κ1) is 15.7. The highest BCUT2D eigenvalue weighted by molar-refractivity contribution is 5.98. The van der Waals surface area contributed by atoms with Crippen LogP contribution in [0.25, 0.3) is 16.9 Å². The number of nitrogens with zero attached hydrogens (tertiary/aromatic N) is 3. The maximum atomic E-state index is 13.7. The molecule has 5 nitrogen and oxygen atoms in total. The van der Waals surface area contributed by atoms with Gasteiger partial charge in [-0.3, -0.25) is 4.40 Å². The fourth-order valence-electron chi connectivity index (χ4n) is 2.63. The maximum Gasteiger partial charge on any atom is 0.340 e. The SMILES string of the molecule is CCOC(=O)c1c(C)ccn2c(-c3cc(F)cc(C#N)c3)ncc12. The molecule has 0 aliphatic rings. The van der Waals surface area contributed by atoms with Crippen LogP contribution in [0.3, 0.4) is 0 Å². The summed E-state index contributed by atoms with van der Waals surface area (Å²) in [6.45, 7) is 3.83. The van der Waals surface area contributed by atoms with Gasteiger partial charge in [-0.05, 0) is 43.7 Å². The first-order chi connectivity index (χ1) is 11.5. The van der Waals surface area contributed by atoms with Gasteiger partial charge in [0.25, 0.3) is 0 Å². The smallest absolute Gasteiger partial charge is 0.340 e. The van der Waals surface area contributed by atoms with Gasteiger partial charge in [-0.1, -0.05) is 0 Å². The molecular weight excluding hydrogens is 309 g/mol. The minimum Gasteiger partial charge on any atom is -0.462 e. The second-order valence-electron chi connectivity index (χ2n) is 5.27. The number of imidazole rings is 1. The standard InChI is InChI=1S/C18H14FN3O2/c1-3-24-18(23)16-11(2)4-5-22-15(16)10-21-17(22)13-6-12(9-20)7-14(19)8-13/h4-8,10H,3H2,1-2H3. The fraction of sp³-hybridized carbons (Fsp3) is 0.167. The first-order valence-corrected chi connectivity index (χ1v) is 7.40. The Morgan fingerprint density at radius 2 is 2.21 bits per heavy atom. The molecule has 0 fully saturated rings. The first-order valence-electron chi connectivity index (χ1n) is 7.40. The highest BCUT2D eigenvalue weighted by Gasteiger charge is 2.18. The van der Waals surface area contributed by atoms with Crippen molar-refractivity contribution in [3.63, 3.8) is 0 Å². The zero-order valence-electron chi connectivity index (χ0n) is 13.2. The highest BCUT2D eigenvalue weighted by Crippen LogP contribution is 2.25. The Kier molecular flexibility index (Phi) is 4.00. The van der Waals surface area contributed by atoms with Crippen molar-refractivity contribution >= 4 is 11.5 Å². The van der Waals surface area contributed by atoms with E-state index < -0.39 is 11.8 Å². The van der Waals surface area contributed by atoms with Crippen molar-refractivity contribution < 1.29 is 13.9 Å². The van der Waals surface area contributed by atoms with Crippen molar-refractivity contribution in [2.24, 2.45) is 0 Å². The second kappa shape index (κ2) is 6.13. The lowest BCUT2D eigenvalue weighted by Gasteiger charge is -2.09. The van der Waals surface area contributed by atoms with Crippen LogP contribution >= 0.6 is 0 Å². The van der Waals surface area contributed by atoms with E-state index in [0.29, 0.717) is 22.5 Å². The van der Waals surface area contributed by atoms with Crippen LogP contribution in [0.1, 0.15) is 28.4 Å². The lowest BCUT2D eigenvalue weighted by Crippen LogP contribution is -2.09. The van der Waals surface area contributed by atoms with Crippen LogP contribution in [-0.4, -0.2) is 22.0 Å². The van der Waals surface area contributed by atoms with Crippen molar-refractivity contribution in [2.75, 3.05) is 6.61 Å². The van der Waals surface area contributed by atoms with E-state index >= 15 is 0 Å². The summed E-state index contributed by atoms with van der Waals surface area (Å²) in [4.78, 5) is 16.5. The number of benzene rings is 1. The largest absolute Gasteiger partial charge is 0.462 e. The quantitative estimate of drug-likeness (QED) is 0.692. The number of carbonyl (C=O) groups excluding carboxylic acids is 1. The van der Waals surface area contributed by atoms with E-state index in [2.05, 4.69) is 4.98 Å². The molecule has 3 aromatic rings. The molecule has 6 heteroatoms. The second-order valence-corrected chi connectivity index (χ2v) is 5.27. The van der Waals surface area contributed by atoms with Crippen LogP contribution in [0, 0.1) is 24.1 Å². The Hall–Kier alpha value is -3.20. The average molecular weight is 323 g/mol. The highest BCUT2D eigenvalue weighted by atomic mass is 19.1. The molecule has 0 radical (unpaired) electrons. The van der Waals surface area contributed by atoms with Crippen molar-refractivity contribution in [1.29, 1.82) is 5.26 Å². The molecule has 120 valence electrons. The van der Waals surface area contributed by atoms with Crippen molar-refractivity contribution in [3.05, 3.63) is 59.2 Å². The monoisotopic (exact) mass is 323 g/mol. The van der Waals surface area contributed by atoms with Gasteiger partial charge in [-0.2, -0.15) is 5.26 Å². The number of pyridine rings is 1. The van der Waals surface area contributed by atoms with Gasteiger partial charge in [-0.15, -0.1) is 0 Å². The Morgan fingerprint density at radius 3 is 2.92 bits per heavy atom. The number of esters is 1. The van der Waals surface area contributed by atoms with Crippen LogP contribution in [0.4, 0.5) is 4.39 Å². The molecule has 0 bridgehead atoms. The normalized spacial score (nSPS) is 10.6. The molecule has 0 aliphatic carbocycles. The molecule has 24 heavy (non-hydrogen) atoms. The number of halogens is 1. The molecule has 0 amide bonds. The number of nitriles is 1. The topological polar surface area (TPSA) is 67.4 Å². The summed E-state index contributed by atoms with van der Waals surface area (Å²) >= 11 is 0. The van der Waals surface area contributed by atoms with Crippen molar-refractivity contribution in [2.45, 2.75) is 13.8 Å². The van der Waals surface area contributed by atoms with Gasteiger partial charge >= 0.3 is 5.97 Å². The molecule has 0 saturated heterocycles. The van der Waals surface area contributed by atoms with E-state index in [4.69, 9.17) is 10.00 Å². The van der Waals surface area contributed by atoms with Crippen molar-refractivity contribution in [3.8, 4) is 17.5 Å². The molecule has 0 spiro atoms. The number of hydrogen-bond donors (Lipinski definition) is 0. The molecule has 2 aromatic heterocycles. The van der Waals surface area contributed by atoms with Crippen LogP contribution in [-0.2, 0) is 4.74 Å². The van der Waals surface area contributed by atoms with E-state index in [1.807, 2.05) is 13.0 Å². The molecule has 0 saturated carbocycles.